The molecule has 2 amide bonds. The molecule has 2 aromatic carbocycles. The van der Waals surface area contributed by atoms with E-state index in [2.05, 4.69) is 0 Å². The Balaban J connectivity index is 2.21. The molecule has 0 heterocycles. The normalized spacial score (nSPS) is 11.8. The smallest absolute Gasteiger partial charge is 0.247 e. The first kappa shape index (κ1) is 21.1. The maximum atomic E-state index is 12.1. The summed E-state index contributed by atoms with van der Waals surface area (Å²) >= 11 is 22.8. The molecule has 0 fully saturated rings. The van der Waals surface area contributed by atoms with E-state index in [-0.39, 0.29) is 29.9 Å². The zero-order chi connectivity index (χ0) is 19.7. The van der Waals surface area contributed by atoms with Gasteiger partial charge in [-0.15, -0.1) is 0 Å². The number of nitrogens with one attached hydrogen (secondary N) is 2. The molecule has 140 valence electrons. The Morgan fingerprint density at radius 2 is 1.00 bits per heavy atom. The molecule has 0 unspecified atom stereocenters. The van der Waals surface area contributed by atoms with Gasteiger partial charge >= 0.3 is 6.03 Å². The Labute approximate surface area is 169 Å². The summed E-state index contributed by atoms with van der Waals surface area (Å²) in [7, 11) is -8.77. The van der Waals surface area contributed by atoms with Crippen LogP contribution in [0.1, 0.15) is 0 Å². The van der Waals surface area contributed by atoms with Crippen LogP contribution in [0, 0.1) is 0 Å². The molecule has 0 atom stereocenters. The highest BCUT2D eigenvalue weighted by atomic mass is 35.5. The fraction of sp³-hybridized carbons (Fsp3) is 0. The van der Waals surface area contributed by atoms with Crippen molar-refractivity contribution < 1.29 is 21.6 Å². The van der Waals surface area contributed by atoms with Crippen molar-refractivity contribution in [2.75, 3.05) is 0 Å². The summed E-state index contributed by atoms with van der Waals surface area (Å²) < 4.78 is 51.6. The molecule has 0 saturated carbocycles. The van der Waals surface area contributed by atoms with Crippen LogP contribution < -0.4 is 9.44 Å². The Morgan fingerprint density at radius 1 is 0.654 bits per heavy atom. The molecule has 7 nitrogen and oxygen atoms in total. The van der Waals surface area contributed by atoms with E-state index in [1.807, 2.05) is 0 Å². The van der Waals surface area contributed by atoms with Crippen LogP contribution in [-0.4, -0.2) is 22.9 Å². The SMILES string of the molecule is O=C(NS(=O)(=O)c1ccc(Cl)c(Cl)c1)NS(=O)(=O)c1ccc(Cl)c(Cl)c1. The van der Waals surface area contributed by atoms with Crippen molar-refractivity contribution in [2.24, 2.45) is 0 Å². The van der Waals surface area contributed by atoms with Crippen LogP contribution in [0.5, 0.6) is 0 Å². The summed E-state index contributed by atoms with van der Waals surface area (Å²) in [6.45, 7) is 0. The number of carbonyl (C=O) groups excluding carboxylic acids is 1. The molecule has 0 aliphatic heterocycles. The third-order valence-corrected chi connectivity index (χ3v) is 6.99. The van der Waals surface area contributed by atoms with Gasteiger partial charge in [0.1, 0.15) is 0 Å². The standard InChI is InChI=1S/C13H8Cl4N2O5S2/c14-9-3-1-7(5-11(9)16)25(21,22)18-13(20)19-26(23,24)8-2-4-10(15)12(17)6-8/h1-6H,(H2,18,19,20). The number of halogens is 4. The second kappa shape index (κ2) is 7.79. The van der Waals surface area contributed by atoms with Crippen molar-refractivity contribution in [1.82, 2.24) is 9.44 Å². The Hall–Kier alpha value is -1.23. The quantitative estimate of drug-likeness (QED) is 0.697. The van der Waals surface area contributed by atoms with Crippen LogP contribution in [-0.2, 0) is 20.0 Å². The summed E-state index contributed by atoms with van der Waals surface area (Å²) in [6.07, 6.45) is 0. The summed E-state index contributed by atoms with van der Waals surface area (Å²) in [4.78, 5) is 11.1. The first-order valence-corrected chi connectivity index (χ1v) is 10.9. The minimum absolute atomic E-state index is 0.0571. The van der Waals surface area contributed by atoms with Gasteiger partial charge in [-0.25, -0.2) is 31.1 Å². The lowest BCUT2D eigenvalue weighted by molar-refractivity contribution is 0.250. The molecule has 0 spiro atoms. The monoisotopic (exact) mass is 476 g/mol. The van der Waals surface area contributed by atoms with Crippen molar-refractivity contribution >= 4 is 72.5 Å². The van der Waals surface area contributed by atoms with Crippen molar-refractivity contribution in [1.29, 1.82) is 0 Å². The number of amides is 2. The van der Waals surface area contributed by atoms with Gasteiger partial charge in [0.05, 0.1) is 29.9 Å². The maximum Gasteiger partial charge on any atom is 0.342 e. The molecule has 2 aromatic rings. The van der Waals surface area contributed by atoms with Crippen LogP contribution in [0.4, 0.5) is 4.79 Å². The van der Waals surface area contributed by atoms with Gasteiger partial charge in [-0.3, -0.25) is 0 Å². The number of benzene rings is 2. The highest BCUT2D eigenvalue weighted by Crippen LogP contribution is 2.25. The molecular formula is C13H8Cl4N2O5S2. The lowest BCUT2D eigenvalue weighted by Gasteiger charge is -2.10. The van der Waals surface area contributed by atoms with Crippen LogP contribution in [0.15, 0.2) is 46.2 Å². The van der Waals surface area contributed by atoms with E-state index in [4.69, 9.17) is 46.4 Å². The number of rotatable bonds is 4. The molecule has 2 rings (SSSR count). The van der Waals surface area contributed by atoms with Gasteiger partial charge in [0.25, 0.3) is 20.0 Å². The van der Waals surface area contributed by atoms with E-state index < -0.39 is 26.1 Å². The van der Waals surface area contributed by atoms with Gasteiger partial charge in [-0.2, -0.15) is 0 Å². The molecule has 13 heteroatoms. The number of carbonyl (C=O) groups is 1. The van der Waals surface area contributed by atoms with E-state index in [0.29, 0.717) is 0 Å². The average molecular weight is 478 g/mol. The molecule has 2 N–H and O–H groups in total. The van der Waals surface area contributed by atoms with Crippen molar-refractivity contribution in [3.8, 4) is 0 Å². The maximum absolute atomic E-state index is 12.1. The third kappa shape index (κ3) is 4.93. The fourth-order valence-corrected chi connectivity index (χ4v) is 4.33. The van der Waals surface area contributed by atoms with Crippen molar-refractivity contribution in [3.63, 3.8) is 0 Å². The fourth-order valence-electron chi connectivity index (χ4n) is 1.67. The van der Waals surface area contributed by atoms with Gasteiger partial charge in [-0.05, 0) is 36.4 Å². The molecule has 0 radical (unpaired) electrons. The molecule has 0 bridgehead atoms. The second-order valence-electron chi connectivity index (χ2n) is 4.69. The zero-order valence-corrected chi connectivity index (χ0v) is 17.0. The molecule has 0 aromatic heterocycles. The number of hydrogen-bond donors (Lipinski definition) is 2. The number of urea groups is 1. The van der Waals surface area contributed by atoms with E-state index in [0.717, 1.165) is 24.3 Å². The molecule has 0 aliphatic rings. The Bertz CT molecular complexity index is 1000. The molecule has 0 aliphatic carbocycles. The topological polar surface area (TPSA) is 109 Å². The van der Waals surface area contributed by atoms with Crippen LogP contribution in [0.25, 0.3) is 0 Å². The van der Waals surface area contributed by atoms with Gasteiger partial charge in [0.15, 0.2) is 0 Å². The van der Waals surface area contributed by atoms with Gasteiger partial charge in [-0.1, -0.05) is 46.4 Å². The van der Waals surface area contributed by atoms with Crippen molar-refractivity contribution in [3.05, 3.63) is 56.5 Å². The zero-order valence-electron chi connectivity index (χ0n) is 12.3. The second-order valence-corrected chi connectivity index (χ2v) is 9.69. The Kier molecular flexibility index (Phi) is 6.32. The van der Waals surface area contributed by atoms with Gasteiger partial charge in [0, 0.05) is 0 Å². The largest absolute Gasteiger partial charge is 0.342 e. The lowest BCUT2D eigenvalue weighted by Crippen LogP contribution is -2.42. The average Bonchev–Trinajstić information content (AvgIpc) is 2.51. The summed E-state index contributed by atoms with van der Waals surface area (Å²) in [5.41, 5.74) is 0. The summed E-state index contributed by atoms with van der Waals surface area (Å²) in [6, 6.07) is 5.13. The predicted octanol–water partition coefficient (Wildman–Crippen LogP) is 3.68. The van der Waals surface area contributed by atoms with E-state index in [9.17, 15) is 21.6 Å². The van der Waals surface area contributed by atoms with E-state index in [1.165, 1.54) is 12.1 Å². The minimum atomic E-state index is -4.38. The first-order chi connectivity index (χ1) is 11.9. The first-order valence-electron chi connectivity index (χ1n) is 6.42. The highest BCUT2D eigenvalue weighted by Gasteiger charge is 2.23. The minimum Gasteiger partial charge on any atom is -0.247 e. The van der Waals surface area contributed by atoms with Crippen molar-refractivity contribution in [2.45, 2.75) is 9.79 Å². The summed E-state index contributed by atoms with van der Waals surface area (Å²) in [5.74, 6) is 0. The summed E-state index contributed by atoms with van der Waals surface area (Å²) in [5, 5.41) is 0.103. The predicted molar refractivity (Wildman–Crippen MR) is 99.0 cm³/mol. The molecular weight excluding hydrogens is 470 g/mol. The Morgan fingerprint density at radius 3 is 1.31 bits per heavy atom. The van der Waals surface area contributed by atoms with Crippen LogP contribution >= 0.6 is 46.4 Å². The van der Waals surface area contributed by atoms with E-state index >= 15 is 0 Å². The molecule has 26 heavy (non-hydrogen) atoms. The number of sulfonamides is 2. The number of hydrogen-bond acceptors (Lipinski definition) is 5. The molecule has 0 saturated heterocycles. The van der Waals surface area contributed by atoms with E-state index in [1.54, 1.807) is 9.44 Å². The van der Waals surface area contributed by atoms with Gasteiger partial charge in [0.2, 0.25) is 0 Å². The lowest BCUT2D eigenvalue weighted by atomic mass is 10.4. The highest BCUT2D eigenvalue weighted by molar-refractivity contribution is 7.91. The third-order valence-electron chi connectivity index (χ3n) is 2.86. The van der Waals surface area contributed by atoms with Crippen LogP contribution in [0.3, 0.4) is 0 Å². The van der Waals surface area contributed by atoms with Crippen LogP contribution in [0.2, 0.25) is 20.1 Å². The van der Waals surface area contributed by atoms with Gasteiger partial charge < -0.3 is 0 Å².